The van der Waals surface area contributed by atoms with Gasteiger partial charge >= 0.3 is 0 Å². The Labute approximate surface area is 166 Å². The topological polar surface area (TPSA) is 33.1 Å². The van der Waals surface area contributed by atoms with Gasteiger partial charge in [-0.3, -0.25) is 4.90 Å². The molecule has 1 aromatic heterocycles. The Morgan fingerprint density at radius 2 is 2.07 bits per heavy atom. The number of nitrogens with zero attached hydrogens (tertiary/aromatic N) is 3. The van der Waals surface area contributed by atoms with Crippen LogP contribution in [-0.2, 0) is 13.1 Å². The van der Waals surface area contributed by atoms with E-state index in [4.69, 9.17) is 11.6 Å². The molecule has 27 heavy (non-hydrogen) atoms. The van der Waals surface area contributed by atoms with Crippen molar-refractivity contribution in [2.45, 2.75) is 38.9 Å². The van der Waals surface area contributed by atoms with Gasteiger partial charge in [0.05, 0.1) is 23.9 Å². The van der Waals surface area contributed by atoms with Crippen LogP contribution in [0.5, 0.6) is 0 Å². The molecule has 0 saturated carbocycles. The minimum Gasteiger partial charge on any atom is -0.326 e. The number of likely N-dealkylation sites (tertiary alicyclic amines) is 1. The summed E-state index contributed by atoms with van der Waals surface area (Å²) in [6.07, 6.45) is 4.32. The molecule has 4 nitrogen and oxygen atoms in total. The van der Waals surface area contributed by atoms with Crippen LogP contribution in [-0.4, -0.2) is 40.1 Å². The third-order valence-electron chi connectivity index (χ3n) is 5.35. The zero-order valence-corrected chi connectivity index (χ0v) is 16.6. The maximum Gasteiger partial charge on any atom is 0.0961 e. The minimum atomic E-state index is 0.634. The summed E-state index contributed by atoms with van der Waals surface area (Å²) in [7, 11) is 0. The molecule has 0 bridgehead atoms. The molecule has 1 aliphatic rings. The highest BCUT2D eigenvalue weighted by Gasteiger charge is 2.21. The maximum atomic E-state index is 6.62. The molecule has 3 aromatic rings. The van der Waals surface area contributed by atoms with Crippen LogP contribution in [0.3, 0.4) is 0 Å². The highest BCUT2D eigenvalue weighted by atomic mass is 35.5. The number of halogens is 1. The Bertz CT molecular complexity index is 904. The van der Waals surface area contributed by atoms with Gasteiger partial charge in [0.1, 0.15) is 0 Å². The fourth-order valence-electron chi connectivity index (χ4n) is 3.89. The van der Waals surface area contributed by atoms with E-state index in [0.29, 0.717) is 6.04 Å². The molecule has 1 saturated heterocycles. The first-order valence-corrected chi connectivity index (χ1v) is 10.2. The molecule has 0 spiro atoms. The van der Waals surface area contributed by atoms with Gasteiger partial charge in [-0.2, -0.15) is 0 Å². The van der Waals surface area contributed by atoms with E-state index in [9.17, 15) is 0 Å². The third-order valence-corrected chi connectivity index (χ3v) is 5.70. The van der Waals surface area contributed by atoms with Crippen LogP contribution in [0, 0.1) is 0 Å². The molecule has 0 aliphatic carbocycles. The largest absolute Gasteiger partial charge is 0.326 e. The average Bonchev–Trinajstić information content (AvgIpc) is 3.29. The molecule has 142 valence electrons. The van der Waals surface area contributed by atoms with Gasteiger partial charge in [-0.15, -0.1) is 0 Å². The number of rotatable bonds is 7. The van der Waals surface area contributed by atoms with Crippen molar-refractivity contribution in [2.75, 3.05) is 19.6 Å². The third kappa shape index (κ3) is 4.34. The number of para-hydroxylation sites is 2. The SMILES string of the molecule is CCCNC1CCN(Cc2ccc(Cn3cnc4ccccc43)c(Cl)c2)C1. The summed E-state index contributed by atoms with van der Waals surface area (Å²) in [4.78, 5) is 6.98. The molecule has 1 fully saturated rings. The normalized spacial score (nSPS) is 17.8. The predicted octanol–water partition coefficient (Wildman–Crippen LogP) is 4.31. The standard InChI is InChI=1S/C22H27ClN4/c1-2-10-24-19-9-11-26(15-19)13-17-7-8-18(20(23)12-17)14-27-16-25-21-5-3-4-6-22(21)27/h3-8,12,16,19,24H,2,9-11,13-15H2,1H3. The Morgan fingerprint density at radius 3 is 2.93 bits per heavy atom. The van der Waals surface area contributed by atoms with Crippen molar-refractivity contribution in [3.63, 3.8) is 0 Å². The molecular formula is C22H27ClN4. The minimum absolute atomic E-state index is 0.634. The lowest BCUT2D eigenvalue weighted by molar-refractivity contribution is 0.320. The quantitative estimate of drug-likeness (QED) is 0.660. The highest BCUT2D eigenvalue weighted by Crippen LogP contribution is 2.23. The van der Waals surface area contributed by atoms with Crippen LogP contribution in [0.25, 0.3) is 11.0 Å². The van der Waals surface area contributed by atoms with Crippen molar-refractivity contribution in [2.24, 2.45) is 0 Å². The van der Waals surface area contributed by atoms with E-state index in [-0.39, 0.29) is 0 Å². The molecule has 2 aromatic carbocycles. The van der Waals surface area contributed by atoms with Crippen LogP contribution in [0.1, 0.15) is 30.9 Å². The fraction of sp³-hybridized carbons (Fsp3) is 0.409. The molecule has 5 heteroatoms. The Morgan fingerprint density at radius 1 is 1.19 bits per heavy atom. The first-order chi connectivity index (χ1) is 13.2. The number of nitrogens with one attached hydrogen (secondary N) is 1. The molecule has 1 N–H and O–H groups in total. The number of hydrogen-bond donors (Lipinski definition) is 1. The zero-order valence-electron chi connectivity index (χ0n) is 15.9. The summed E-state index contributed by atoms with van der Waals surface area (Å²) in [6, 6.07) is 15.3. The van der Waals surface area contributed by atoms with Gasteiger partial charge in [0.2, 0.25) is 0 Å². The second kappa shape index (κ2) is 8.42. The summed E-state index contributed by atoms with van der Waals surface area (Å²) in [5.74, 6) is 0. The van der Waals surface area contributed by atoms with Gasteiger partial charge in [0.15, 0.2) is 0 Å². The van der Waals surface area contributed by atoms with E-state index in [1.54, 1.807) is 0 Å². The smallest absolute Gasteiger partial charge is 0.0961 e. The van der Waals surface area contributed by atoms with Crippen LogP contribution in [0.15, 0.2) is 48.8 Å². The first kappa shape index (κ1) is 18.5. The van der Waals surface area contributed by atoms with E-state index < -0.39 is 0 Å². The second-order valence-electron chi connectivity index (χ2n) is 7.46. The zero-order chi connectivity index (χ0) is 18.6. The average molecular weight is 383 g/mol. The van der Waals surface area contributed by atoms with Crippen LogP contribution in [0.4, 0.5) is 0 Å². The first-order valence-electron chi connectivity index (χ1n) is 9.86. The summed E-state index contributed by atoms with van der Waals surface area (Å²) in [6.45, 7) is 7.32. The van der Waals surface area contributed by atoms with Crippen molar-refractivity contribution in [1.29, 1.82) is 0 Å². The van der Waals surface area contributed by atoms with Crippen molar-refractivity contribution < 1.29 is 0 Å². The molecular weight excluding hydrogens is 356 g/mol. The lowest BCUT2D eigenvalue weighted by Gasteiger charge is -2.17. The van der Waals surface area contributed by atoms with Crippen molar-refractivity contribution in [1.82, 2.24) is 19.8 Å². The van der Waals surface area contributed by atoms with Gasteiger partial charge in [0, 0.05) is 30.7 Å². The molecule has 1 aliphatic heterocycles. The van der Waals surface area contributed by atoms with Crippen molar-refractivity contribution in [3.05, 3.63) is 64.9 Å². The van der Waals surface area contributed by atoms with E-state index in [1.165, 1.54) is 18.4 Å². The number of fused-ring (bicyclic) bond motifs is 1. The predicted molar refractivity (Wildman–Crippen MR) is 112 cm³/mol. The van der Waals surface area contributed by atoms with Gasteiger partial charge in [-0.1, -0.05) is 42.8 Å². The Kier molecular flexibility index (Phi) is 5.77. The van der Waals surface area contributed by atoms with E-state index in [2.05, 4.69) is 51.0 Å². The van der Waals surface area contributed by atoms with Crippen LogP contribution >= 0.6 is 11.6 Å². The lowest BCUT2D eigenvalue weighted by atomic mass is 10.1. The van der Waals surface area contributed by atoms with Crippen molar-refractivity contribution in [3.8, 4) is 0 Å². The molecule has 1 atom stereocenters. The molecule has 4 rings (SSSR count). The molecule has 1 unspecified atom stereocenters. The summed E-state index contributed by atoms with van der Waals surface area (Å²) >= 11 is 6.62. The van der Waals surface area contributed by atoms with Crippen LogP contribution in [0.2, 0.25) is 5.02 Å². The summed E-state index contributed by atoms with van der Waals surface area (Å²) in [5.41, 5.74) is 4.58. The summed E-state index contributed by atoms with van der Waals surface area (Å²) in [5, 5.41) is 4.47. The lowest BCUT2D eigenvalue weighted by Crippen LogP contribution is -2.32. The Balaban J connectivity index is 1.41. The maximum absolute atomic E-state index is 6.62. The van der Waals surface area contributed by atoms with Gasteiger partial charge in [-0.05, 0) is 48.7 Å². The van der Waals surface area contributed by atoms with E-state index in [0.717, 1.165) is 54.3 Å². The van der Waals surface area contributed by atoms with Gasteiger partial charge in [-0.25, -0.2) is 4.98 Å². The highest BCUT2D eigenvalue weighted by molar-refractivity contribution is 6.31. The fourth-order valence-corrected chi connectivity index (χ4v) is 4.15. The number of aromatic nitrogens is 2. The van der Waals surface area contributed by atoms with E-state index in [1.807, 2.05) is 24.5 Å². The Hall–Kier alpha value is -1.88. The monoisotopic (exact) mass is 382 g/mol. The molecule has 0 radical (unpaired) electrons. The van der Waals surface area contributed by atoms with Crippen molar-refractivity contribution >= 4 is 22.6 Å². The van der Waals surface area contributed by atoms with E-state index >= 15 is 0 Å². The van der Waals surface area contributed by atoms with Gasteiger partial charge in [0.25, 0.3) is 0 Å². The van der Waals surface area contributed by atoms with Crippen LogP contribution < -0.4 is 5.32 Å². The number of imidazole rings is 1. The molecule has 0 amide bonds. The summed E-state index contributed by atoms with van der Waals surface area (Å²) < 4.78 is 2.15. The number of benzene rings is 2. The van der Waals surface area contributed by atoms with Gasteiger partial charge < -0.3 is 9.88 Å². The number of hydrogen-bond acceptors (Lipinski definition) is 3. The molecule has 2 heterocycles. The second-order valence-corrected chi connectivity index (χ2v) is 7.87.